The van der Waals surface area contributed by atoms with Gasteiger partial charge in [-0.1, -0.05) is 115 Å². The average Bonchev–Trinajstić information content (AvgIpc) is 3.55. The Hall–Kier alpha value is -5.86. The molecule has 2 heteroatoms. The molecule has 1 aromatic heterocycles. The van der Waals surface area contributed by atoms with Crippen molar-refractivity contribution in [3.8, 4) is 27.9 Å². The molecule has 44 heavy (non-hydrogen) atoms. The van der Waals surface area contributed by atoms with Crippen LogP contribution >= 0.6 is 0 Å². The monoisotopic (exact) mass is 575 g/mol. The van der Waals surface area contributed by atoms with Crippen LogP contribution in [0.5, 0.6) is 0 Å². The first-order chi connectivity index (χ1) is 27.3. The van der Waals surface area contributed by atoms with E-state index in [1.165, 1.54) is 0 Å². The fourth-order valence-corrected chi connectivity index (χ4v) is 5.43. The van der Waals surface area contributed by atoms with Crippen molar-refractivity contribution in [2.45, 2.75) is 0 Å². The number of fused-ring (bicyclic) bond motifs is 3. The van der Waals surface area contributed by atoms with Gasteiger partial charge in [-0.15, -0.1) is 0 Å². The Balaban J connectivity index is 1.47. The molecule has 0 aliphatic rings. The van der Waals surface area contributed by atoms with E-state index in [-0.39, 0.29) is 11.1 Å². The summed E-state index contributed by atoms with van der Waals surface area (Å²) in [5.41, 5.74) is 1.29. The Morgan fingerprint density at radius 3 is 1.89 bits per heavy atom. The number of benzene rings is 7. The third kappa shape index (κ3) is 4.63. The summed E-state index contributed by atoms with van der Waals surface area (Å²) in [6.45, 7) is 0. The van der Waals surface area contributed by atoms with Gasteiger partial charge < -0.3 is 9.47 Å². The largest absolute Gasteiger partial charge is 0.310 e. The Kier molecular flexibility index (Phi) is 3.92. The fraction of sp³-hybridized carbons (Fsp3) is 0. The van der Waals surface area contributed by atoms with E-state index >= 15 is 0 Å². The molecule has 0 saturated carbocycles. The van der Waals surface area contributed by atoms with Crippen LogP contribution in [-0.4, -0.2) is 4.57 Å². The highest BCUT2D eigenvalue weighted by atomic mass is 15.1. The van der Waals surface area contributed by atoms with Gasteiger partial charge in [-0.05, 0) is 88.8 Å². The zero-order valence-electron chi connectivity index (χ0n) is 36.2. The maximum Gasteiger partial charge on any atom is 0.0651 e. The van der Waals surface area contributed by atoms with Gasteiger partial charge in [-0.2, -0.15) is 0 Å². The van der Waals surface area contributed by atoms with E-state index in [0.29, 0.717) is 11.1 Å². The molecule has 7 aromatic carbocycles. The molecule has 0 amide bonds. The molecule has 2 nitrogen and oxygen atoms in total. The number of anilines is 3. The van der Waals surface area contributed by atoms with E-state index in [2.05, 4.69) is 4.57 Å². The zero-order chi connectivity index (χ0) is 40.6. The zero-order valence-corrected chi connectivity index (χ0v) is 23.2. The molecule has 0 bridgehead atoms. The summed E-state index contributed by atoms with van der Waals surface area (Å²) in [7, 11) is 0. The van der Waals surface area contributed by atoms with Gasteiger partial charge in [0, 0.05) is 33.5 Å². The summed E-state index contributed by atoms with van der Waals surface area (Å²) >= 11 is 0. The maximum atomic E-state index is 9.68. The van der Waals surface area contributed by atoms with Gasteiger partial charge in [0.25, 0.3) is 0 Å². The quantitative estimate of drug-likeness (QED) is 0.191. The summed E-state index contributed by atoms with van der Waals surface area (Å²) in [5, 5.41) is 1.62. The van der Waals surface area contributed by atoms with Crippen molar-refractivity contribution in [3.63, 3.8) is 0 Å². The lowest BCUT2D eigenvalue weighted by Crippen LogP contribution is -2.09. The number of aromatic nitrogens is 1. The minimum absolute atomic E-state index is 0.0566. The van der Waals surface area contributed by atoms with Crippen LogP contribution in [-0.2, 0) is 0 Å². The van der Waals surface area contributed by atoms with Gasteiger partial charge in [0.2, 0.25) is 0 Å². The third-order valence-corrected chi connectivity index (χ3v) is 7.42. The second kappa shape index (κ2) is 11.1. The normalized spacial score (nSPS) is 15.3. The SMILES string of the molecule is [2H]c1c([2H])c([2H])c(N(c2c([2H])c([2H])c(-c3ccccc3)c([2H])c2[2H])c2c([2H])c([2H])c([2H])c(-c3ccc4c(c3)c3ccccc3n4-c3ccccc3)c2[2H])c([2H])c1[2H]. The number of hydrogen-bond acceptors (Lipinski definition) is 1. The lowest BCUT2D eigenvalue weighted by Gasteiger charge is -2.26. The molecule has 8 aromatic rings. The number of nitrogens with zero attached hydrogens (tertiary/aromatic N) is 2. The molecule has 0 saturated heterocycles. The molecule has 0 aliphatic carbocycles. The Morgan fingerprint density at radius 1 is 0.432 bits per heavy atom. The molecule has 0 spiro atoms. The lowest BCUT2D eigenvalue weighted by molar-refractivity contribution is 1.18. The first kappa shape index (κ1) is 15.6. The second-order valence-electron chi connectivity index (χ2n) is 10.0. The standard InChI is InChI=1S/C42H30N2/c1-4-13-31(14-5-1)32-23-26-37(27-24-32)43(35-16-6-2-7-17-35)38-20-12-15-33(29-38)34-25-28-42-40(30-34)39-21-10-11-22-41(39)44(42)36-18-8-3-9-19-36/h1-30H/i2D,6D,7D,12D,15D,16D,17D,20D,23D,24D,26D,27D,29D. The van der Waals surface area contributed by atoms with Gasteiger partial charge in [-0.3, -0.25) is 0 Å². The molecule has 0 aliphatic heterocycles. The smallest absolute Gasteiger partial charge is 0.0651 e. The van der Waals surface area contributed by atoms with E-state index in [1.54, 1.807) is 42.5 Å². The van der Waals surface area contributed by atoms with Crippen molar-refractivity contribution in [2.75, 3.05) is 4.90 Å². The van der Waals surface area contributed by atoms with Crippen LogP contribution in [0, 0.1) is 0 Å². The maximum absolute atomic E-state index is 9.68. The summed E-state index contributed by atoms with van der Waals surface area (Å²) in [6, 6.07) is 22.2. The third-order valence-electron chi connectivity index (χ3n) is 7.42. The summed E-state index contributed by atoms with van der Waals surface area (Å²) in [5.74, 6) is 0. The van der Waals surface area contributed by atoms with Gasteiger partial charge in [0.05, 0.1) is 28.9 Å². The van der Waals surface area contributed by atoms with Gasteiger partial charge in [0.1, 0.15) is 0 Å². The van der Waals surface area contributed by atoms with Crippen molar-refractivity contribution in [1.82, 2.24) is 4.57 Å². The van der Waals surface area contributed by atoms with E-state index in [4.69, 9.17) is 12.3 Å². The van der Waals surface area contributed by atoms with Gasteiger partial charge >= 0.3 is 0 Å². The average molecular weight is 576 g/mol. The lowest BCUT2D eigenvalue weighted by atomic mass is 10.0. The second-order valence-corrected chi connectivity index (χ2v) is 10.0. The topological polar surface area (TPSA) is 8.17 Å². The molecule has 1 heterocycles. The fourth-order valence-electron chi connectivity index (χ4n) is 5.43. The van der Waals surface area contributed by atoms with Crippen LogP contribution in [0.2, 0.25) is 0 Å². The van der Waals surface area contributed by atoms with E-state index in [0.717, 1.165) is 32.4 Å². The van der Waals surface area contributed by atoms with Crippen molar-refractivity contribution in [3.05, 3.63) is 182 Å². The van der Waals surface area contributed by atoms with Crippen LogP contribution in [0.4, 0.5) is 17.1 Å². The van der Waals surface area contributed by atoms with Crippen LogP contribution in [0.1, 0.15) is 17.8 Å². The molecule has 0 atom stereocenters. The molecule has 0 fully saturated rings. The summed E-state index contributed by atoms with van der Waals surface area (Å²) < 4.78 is 119. The van der Waals surface area contributed by atoms with Crippen molar-refractivity contribution >= 4 is 38.9 Å². The number of hydrogen-bond donors (Lipinski definition) is 0. The molecular formula is C42H30N2. The first-order valence-electron chi connectivity index (χ1n) is 20.5. The Labute approximate surface area is 276 Å². The Bertz CT molecular complexity index is 2890. The molecule has 0 radical (unpaired) electrons. The minimum atomic E-state index is -0.804. The molecule has 8 rings (SSSR count). The van der Waals surface area contributed by atoms with E-state index < -0.39 is 95.6 Å². The number of para-hydroxylation sites is 3. The van der Waals surface area contributed by atoms with Gasteiger partial charge in [-0.25, -0.2) is 0 Å². The molecule has 0 N–H and O–H groups in total. The predicted octanol–water partition coefficient (Wildman–Crippen LogP) is 11.6. The van der Waals surface area contributed by atoms with Crippen molar-refractivity contribution in [2.24, 2.45) is 0 Å². The van der Waals surface area contributed by atoms with Crippen LogP contribution in [0.15, 0.2) is 182 Å². The van der Waals surface area contributed by atoms with Crippen LogP contribution in [0.3, 0.4) is 0 Å². The highest BCUT2D eigenvalue weighted by Crippen LogP contribution is 2.39. The highest BCUT2D eigenvalue weighted by Gasteiger charge is 2.16. The van der Waals surface area contributed by atoms with Crippen LogP contribution < -0.4 is 4.90 Å². The molecule has 208 valence electrons. The highest BCUT2D eigenvalue weighted by molar-refractivity contribution is 6.10. The summed E-state index contributed by atoms with van der Waals surface area (Å²) in [4.78, 5) is 0.793. The van der Waals surface area contributed by atoms with Crippen molar-refractivity contribution < 1.29 is 17.8 Å². The minimum Gasteiger partial charge on any atom is -0.310 e. The van der Waals surface area contributed by atoms with Gasteiger partial charge in [0.15, 0.2) is 0 Å². The van der Waals surface area contributed by atoms with E-state index in [9.17, 15) is 5.48 Å². The predicted molar refractivity (Wildman–Crippen MR) is 186 cm³/mol. The van der Waals surface area contributed by atoms with Crippen LogP contribution in [0.25, 0.3) is 49.7 Å². The molecular weight excluding hydrogens is 532 g/mol. The Morgan fingerprint density at radius 2 is 1.09 bits per heavy atom. The van der Waals surface area contributed by atoms with E-state index in [1.807, 2.05) is 60.7 Å². The molecule has 0 unspecified atom stereocenters. The van der Waals surface area contributed by atoms with Crippen molar-refractivity contribution in [1.29, 1.82) is 0 Å². The first-order valence-corrected chi connectivity index (χ1v) is 14.0. The number of rotatable bonds is 6. The summed E-state index contributed by atoms with van der Waals surface area (Å²) in [6.07, 6.45) is 0.